The largest absolute Gasteiger partial charge is 0.381 e. The summed E-state index contributed by atoms with van der Waals surface area (Å²) in [5, 5.41) is 7.03. The number of nitrogens with one attached hydrogen (secondary N) is 1. The number of nitrogens with two attached hydrogens (primary N) is 1. The number of aryl methyl sites for hydroxylation is 2. The van der Waals surface area contributed by atoms with Crippen molar-refractivity contribution in [1.82, 2.24) is 19.9 Å². The predicted molar refractivity (Wildman–Crippen MR) is 86.5 cm³/mol. The van der Waals surface area contributed by atoms with Crippen LogP contribution in [-0.4, -0.2) is 46.2 Å². The van der Waals surface area contributed by atoms with Gasteiger partial charge in [-0.15, -0.1) is 0 Å². The molecule has 1 aliphatic rings. The summed E-state index contributed by atoms with van der Waals surface area (Å²) in [6.07, 6.45) is 2.51. The summed E-state index contributed by atoms with van der Waals surface area (Å²) in [5.41, 5.74) is 7.41. The van der Waals surface area contributed by atoms with Crippen molar-refractivity contribution in [3.8, 4) is 0 Å². The molecule has 128 valence electrons. The summed E-state index contributed by atoms with van der Waals surface area (Å²) in [4.78, 5) is 28.8. The maximum absolute atomic E-state index is 12.6. The molecule has 0 aromatic carbocycles. The topological polar surface area (TPSA) is 112 Å². The highest BCUT2D eigenvalue weighted by atomic mass is 16.5. The van der Waals surface area contributed by atoms with E-state index in [1.54, 1.807) is 4.52 Å². The molecule has 3 N–H and O–H groups in total. The fraction of sp³-hybridized carbons (Fsp3) is 0.500. The number of hydrogen-bond acceptors (Lipinski definition) is 5. The number of nitrogens with zero attached hydrogens (tertiary/aromatic N) is 3. The Hall–Kier alpha value is -2.48. The molecule has 3 heterocycles. The Morgan fingerprint density at radius 1 is 1.38 bits per heavy atom. The lowest BCUT2D eigenvalue weighted by Crippen LogP contribution is -2.49. The molecule has 8 heteroatoms. The van der Waals surface area contributed by atoms with E-state index in [1.165, 1.54) is 6.20 Å². The smallest absolute Gasteiger partial charge is 0.256 e. The Kier molecular flexibility index (Phi) is 4.23. The quantitative estimate of drug-likeness (QED) is 0.840. The Bertz CT molecular complexity index is 792. The van der Waals surface area contributed by atoms with Crippen molar-refractivity contribution in [2.75, 3.05) is 19.8 Å². The highest BCUT2D eigenvalue weighted by molar-refractivity contribution is 6.00. The van der Waals surface area contributed by atoms with Gasteiger partial charge in [0, 0.05) is 31.1 Å². The van der Waals surface area contributed by atoms with Crippen LogP contribution in [0.3, 0.4) is 0 Å². The fourth-order valence-corrected chi connectivity index (χ4v) is 3.05. The van der Waals surface area contributed by atoms with Crippen LogP contribution in [0.1, 0.15) is 34.6 Å². The first-order valence-electron chi connectivity index (χ1n) is 7.91. The van der Waals surface area contributed by atoms with E-state index in [0.717, 1.165) is 11.4 Å². The zero-order valence-corrected chi connectivity index (χ0v) is 13.8. The van der Waals surface area contributed by atoms with E-state index >= 15 is 0 Å². The van der Waals surface area contributed by atoms with E-state index in [2.05, 4.69) is 15.4 Å². The van der Waals surface area contributed by atoms with Gasteiger partial charge in [-0.2, -0.15) is 5.10 Å². The van der Waals surface area contributed by atoms with Gasteiger partial charge < -0.3 is 15.8 Å². The SMILES string of the molecule is Cc1cc(C)n2ncc(C(=O)NCC3(C(N)=O)CCOCC3)c2n1. The summed E-state index contributed by atoms with van der Waals surface area (Å²) in [6.45, 7) is 4.89. The van der Waals surface area contributed by atoms with Crippen LogP contribution < -0.4 is 11.1 Å². The second-order valence-corrected chi connectivity index (χ2v) is 6.27. The van der Waals surface area contributed by atoms with E-state index in [1.807, 2.05) is 19.9 Å². The summed E-state index contributed by atoms with van der Waals surface area (Å²) in [6, 6.07) is 1.89. The molecule has 0 unspecified atom stereocenters. The van der Waals surface area contributed by atoms with E-state index in [4.69, 9.17) is 10.5 Å². The van der Waals surface area contributed by atoms with Gasteiger partial charge in [0.25, 0.3) is 5.91 Å². The van der Waals surface area contributed by atoms with Crippen LogP contribution in [0.25, 0.3) is 5.65 Å². The summed E-state index contributed by atoms with van der Waals surface area (Å²) >= 11 is 0. The number of ether oxygens (including phenoxy) is 1. The first-order valence-corrected chi connectivity index (χ1v) is 7.91. The molecule has 0 aliphatic carbocycles. The number of carbonyl (C=O) groups excluding carboxylic acids is 2. The molecule has 0 radical (unpaired) electrons. The molecule has 0 bridgehead atoms. The zero-order chi connectivity index (χ0) is 17.3. The van der Waals surface area contributed by atoms with Gasteiger partial charge in [0.1, 0.15) is 5.56 Å². The third kappa shape index (κ3) is 2.84. The van der Waals surface area contributed by atoms with Crippen molar-refractivity contribution < 1.29 is 14.3 Å². The van der Waals surface area contributed by atoms with Gasteiger partial charge in [-0.25, -0.2) is 9.50 Å². The molecule has 8 nitrogen and oxygen atoms in total. The lowest BCUT2D eigenvalue weighted by Gasteiger charge is -2.34. The van der Waals surface area contributed by atoms with Gasteiger partial charge in [-0.3, -0.25) is 9.59 Å². The monoisotopic (exact) mass is 331 g/mol. The summed E-state index contributed by atoms with van der Waals surface area (Å²) < 4.78 is 6.92. The minimum atomic E-state index is -0.754. The second kappa shape index (κ2) is 6.20. The molecular formula is C16H21N5O3. The molecular weight excluding hydrogens is 310 g/mol. The Morgan fingerprint density at radius 3 is 2.75 bits per heavy atom. The van der Waals surface area contributed by atoms with Crippen LogP contribution in [0.4, 0.5) is 0 Å². The number of hydrogen-bond donors (Lipinski definition) is 2. The second-order valence-electron chi connectivity index (χ2n) is 6.27. The molecule has 2 aromatic rings. The van der Waals surface area contributed by atoms with Crippen LogP contribution in [0.15, 0.2) is 12.3 Å². The Balaban J connectivity index is 1.81. The van der Waals surface area contributed by atoms with Crippen LogP contribution in [0, 0.1) is 19.3 Å². The van der Waals surface area contributed by atoms with Crippen molar-refractivity contribution >= 4 is 17.5 Å². The highest BCUT2D eigenvalue weighted by Crippen LogP contribution is 2.29. The van der Waals surface area contributed by atoms with E-state index in [0.29, 0.717) is 37.3 Å². The molecule has 2 aromatic heterocycles. The highest BCUT2D eigenvalue weighted by Gasteiger charge is 2.38. The maximum atomic E-state index is 12.6. The minimum absolute atomic E-state index is 0.187. The fourth-order valence-electron chi connectivity index (χ4n) is 3.05. The average Bonchev–Trinajstić information content (AvgIpc) is 2.97. The molecule has 0 atom stereocenters. The Morgan fingerprint density at radius 2 is 2.08 bits per heavy atom. The molecule has 1 fully saturated rings. The van der Waals surface area contributed by atoms with E-state index in [9.17, 15) is 9.59 Å². The van der Waals surface area contributed by atoms with Gasteiger partial charge in [0.05, 0.1) is 11.6 Å². The van der Waals surface area contributed by atoms with Crippen molar-refractivity contribution in [2.45, 2.75) is 26.7 Å². The first-order chi connectivity index (χ1) is 11.4. The lowest BCUT2D eigenvalue weighted by molar-refractivity contribution is -0.132. The third-order valence-electron chi connectivity index (χ3n) is 4.58. The van der Waals surface area contributed by atoms with Crippen LogP contribution in [0.2, 0.25) is 0 Å². The first kappa shape index (κ1) is 16.4. The Labute approximate surface area is 139 Å². The van der Waals surface area contributed by atoms with Gasteiger partial charge in [-0.05, 0) is 32.8 Å². The van der Waals surface area contributed by atoms with E-state index < -0.39 is 11.3 Å². The number of rotatable bonds is 4. The third-order valence-corrected chi connectivity index (χ3v) is 4.58. The maximum Gasteiger partial charge on any atom is 0.256 e. The average molecular weight is 331 g/mol. The molecule has 1 saturated heterocycles. The van der Waals surface area contributed by atoms with Gasteiger partial charge in [0.2, 0.25) is 5.91 Å². The molecule has 24 heavy (non-hydrogen) atoms. The molecule has 0 saturated carbocycles. The van der Waals surface area contributed by atoms with Crippen LogP contribution >= 0.6 is 0 Å². The number of primary amides is 1. The molecule has 1 aliphatic heterocycles. The summed E-state index contributed by atoms with van der Waals surface area (Å²) in [5.74, 6) is -0.717. The van der Waals surface area contributed by atoms with Crippen LogP contribution in [-0.2, 0) is 9.53 Å². The number of aromatic nitrogens is 3. The predicted octanol–water partition coefficient (Wildman–Crippen LogP) is 0.358. The minimum Gasteiger partial charge on any atom is -0.381 e. The van der Waals surface area contributed by atoms with Crippen LogP contribution in [0.5, 0.6) is 0 Å². The number of amides is 2. The van der Waals surface area contributed by atoms with Gasteiger partial charge in [-0.1, -0.05) is 0 Å². The summed E-state index contributed by atoms with van der Waals surface area (Å²) in [7, 11) is 0. The normalized spacial score (nSPS) is 16.9. The van der Waals surface area contributed by atoms with Crippen molar-refractivity contribution in [3.63, 3.8) is 0 Å². The van der Waals surface area contributed by atoms with Gasteiger partial charge >= 0.3 is 0 Å². The van der Waals surface area contributed by atoms with Crippen molar-refractivity contribution in [2.24, 2.45) is 11.1 Å². The van der Waals surface area contributed by atoms with E-state index in [-0.39, 0.29) is 12.5 Å². The lowest BCUT2D eigenvalue weighted by atomic mass is 9.79. The van der Waals surface area contributed by atoms with Crippen molar-refractivity contribution in [3.05, 3.63) is 29.2 Å². The molecule has 2 amide bonds. The molecule has 3 rings (SSSR count). The standard InChI is InChI=1S/C16H21N5O3/c1-10-7-11(2)21-13(20-10)12(8-19-21)14(22)18-9-16(15(17)23)3-5-24-6-4-16/h7-8H,3-6,9H2,1-2H3,(H2,17,23)(H,18,22). The number of carbonyl (C=O) groups is 2. The number of fused-ring (bicyclic) bond motifs is 1. The van der Waals surface area contributed by atoms with Crippen molar-refractivity contribution in [1.29, 1.82) is 0 Å². The molecule has 0 spiro atoms. The van der Waals surface area contributed by atoms with Gasteiger partial charge in [0.15, 0.2) is 5.65 Å². The zero-order valence-electron chi connectivity index (χ0n) is 13.8.